The predicted molar refractivity (Wildman–Crippen MR) is 99.4 cm³/mol. The number of para-hydroxylation sites is 2. The third-order valence-electron chi connectivity index (χ3n) is 4.59. The van der Waals surface area contributed by atoms with Gasteiger partial charge in [0.15, 0.2) is 0 Å². The molecule has 0 saturated heterocycles. The molecule has 1 aromatic heterocycles. The van der Waals surface area contributed by atoms with E-state index in [0.717, 1.165) is 28.2 Å². The Morgan fingerprint density at radius 1 is 1.28 bits per heavy atom. The number of rotatable bonds is 6. The van der Waals surface area contributed by atoms with Crippen molar-refractivity contribution in [2.45, 2.75) is 38.3 Å². The van der Waals surface area contributed by atoms with E-state index in [1.54, 1.807) is 0 Å². The maximum absolute atomic E-state index is 10.5. The van der Waals surface area contributed by atoms with Gasteiger partial charge in [0.05, 0.1) is 17.6 Å². The molecule has 0 radical (unpaired) electrons. The average molecular weight is 357 g/mol. The number of imidazole rings is 1. The first-order valence-corrected chi connectivity index (χ1v) is 9.02. The molecule has 1 aliphatic rings. The molecule has 1 heterocycles. The van der Waals surface area contributed by atoms with Gasteiger partial charge in [0.25, 0.3) is 0 Å². The van der Waals surface area contributed by atoms with Gasteiger partial charge in [0, 0.05) is 10.9 Å². The Labute approximate surface area is 152 Å². The number of nitrogens with zero attached hydrogens (tertiary/aromatic N) is 2. The van der Waals surface area contributed by atoms with Gasteiger partial charge in [-0.25, -0.2) is 4.98 Å². The smallest absolute Gasteiger partial charge is 0.119 e. The maximum atomic E-state index is 10.5. The minimum Gasteiger partial charge on any atom is -0.491 e. The van der Waals surface area contributed by atoms with Crippen LogP contribution in [0.25, 0.3) is 11.0 Å². The Bertz CT molecular complexity index is 902. The summed E-state index contributed by atoms with van der Waals surface area (Å²) in [6, 6.07) is 13.6. The number of halogens is 1. The van der Waals surface area contributed by atoms with Gasteiger partial charge in [-0.1, -0.05) is 23.7 Å². The van der Waals surface area contributed by atoms with Crippen LogP contribution in [0.1, 0.15) is 30.1 Å². The highest BCUT2D eigenvalue weighted by Crippen LogP contribution is 2.40. The molecule has 0 unspecified atom stereocenters. The minimum absolute atomic E-state index is 0.234. The lowest BCUT2D eigenvalue weighted by Crippen LogP contribution is -2.24. The van der Waals surface area contributed by atoms with Gasteiger partial charge < -0.3 is 14.4 Å². The summed E-state index contributed by atoms with van der Waals surface area (Å²) in [5.74, 6) is 2.33. The Morgan fingerprint density at radius 2 is 2.08 bits per heavy atom. The number of fused-ring (bicyclic) bond motifs is 1. The minimum atomic E-state index is -0.605. The second-order valence-electron chi connectivity index (χ2n) is 6.72. The second-order valence-corrected chi connectivity index (χ2v) is 7.13. The Hall–Kier alpha value is -2.04. The van der Waals surface area contributed by atoms with Crippen LogP contribution in [0.5, 0.6) is 5.75 Å². The summed E-state index contributed by atoms with van der Waals surface area (Å²) in [7, 11) is 0. The number of aromatic nitrogens is 2. The number of ether oxygens (including phenoxy) is 1. The normalized spacial score (nSPS) is 15.5. The van der Waals surface area contributed by atoms with Crippen molar-refractivity contribution in [3.05, 3.63) is 58.9 Å². The van der Waals surface area contributed by atoms with Gasteiger partial charge in [-0.05, 0) is 55.7 Å². The molecule has 1 N–H and O–H groups in total. The molecule has 3 aromatic rings. The van der Waals surface area contributed by atoms with Gasteiger partial charge in [0.2, 0.25) is 0 Å². The Balaban J connectivity index is 1.48. The molecular formula is C20H21ClN2O2. The lowest BCUT2D eigenvalue weighted by Gasteiger charge is -2.16. The summed E-state index contributed by atoms with van der Waals surface area (Å²) in [5, 5.41) is 11.2. The first-order valence-electron chi connectivity index (χ1n) is 8.64. The first kappa shape index (κ1) is 16.4. The highest BCUT2D eigenvalue weighted by atomic mass is 35.5. The van der Waals surface area contributed by atoms with Gasteiger partial charge in [0.1, 0.15) is 24.3 Å². The number of benzene rings is 2. The molecule has 4 rings (SSSR count). The molecule has 2 aromatic carbocycles. The van der Waals surface area contributed by atoms with E-state index in [9.17, 15) is 5.11 Å². The molecule has 25 heavy (non-hydrogen) atoms. The zero-order chi connectivity index (χ0) is 17.4. The fourth-order valence-corrected chi connectivity index (χ4v) is 3.22. The van der Waals surface area contributed by atoms with Crippen LogP contribution < -0.4 is 4.74 Å². The quantitative estimate of drug-likeness (QED) is 0.715. The number of hydrogen-bond donors (Lipinski definition) is 1. The zero-order valence-corrected chi connectivity index (χ0v) is 14.9. The van der Waals surface area contributed by atoms with Gasteiger partial charge in [-0.3, -0.25) is 0 Å². The molecule has 1 fully saturated rings. The van der Waals surface area contributed by atoms with Gasteiger partial charge >= 0.3 is 0 Å². The van der Waals surface area contributed by atoms with Crippen LogP contribution in [0.3, 0.4) is 0 Å². The van der Waals surface area contributed by atoms with E-state index in [0.29, 0.717) is 17.5 Å². The second kappa shape index (κ2) is 6.70. The number of aryl methyl sites for hydroxylation is 1. The van der Waals surface area contributed by atoms with E-state index in [1.165, 1.54) is 12.8 Å². The maximum Gasteiger partial charge on any atom is 0.119 e. The van der Waals surface area contributed by atoms with E-state index >= 15 is 0 Å². The zero-order valence-electron chi connectivity index (χ0n) is 14.2. The monoisotopic (exact) mass is 356 g/mol. The van der Waals surface area contributed by atoms with Crippen LogP contribution in [0, 0.1) is 6.92 Å². The topological polar surface area (TPSA) is 47.3 Å². The summed E-state index contributed by atoms with van der Waals surface area (Å²) >= 11 is 6.03. The van der Waals surface area contributed by atoms with E-state index in [4.69, 9.17) is 21.3 Å². The van der Waals surface area contributed by atoms with Crippen LogP contribution in [0.4, 0.5) is 0 Å². The fourth-order valence-electron chi connectivity index (χ4n) is 3.10. The molecular weight excluding hydrogens is 336 g/mol. The molecule has 5 heteroatoms. The lowest BCUT2D eigenvalue weighted by atomic mass is 10.2. The average Bonchev–Trinajstić information content (AvgIpc) is 3.39. The standard InChI is InChI=1S/C20H21ClN2O2/c1-13-10-16(8-9-17(13)21)25-12-15(24)11-23-19-5-3-2-4-18(19)22-20(23)14-6-7-14/h2-5,8-10,14-15,24H,6-7,11-12H2,1H3/t15-/m0/s1. The van der Waals surface area contributed by atoms with Crippen molar-refractivity contribution in [2.75, 3.05) is 6.61 Å². The van der Waals surface area contributed by atoms with Crippen LogP contribution >= 0.6 is 11.6 Å². The molecule has 1 saturated carbocycles. The summed E-state index contributed by atoms with van der Waals surface area (Å²) in [6.07, 6.45) is 1.76. The van der Waals surface area contributed by atoms with Crippen LogP contribution in [-0.2, 0) is 6.54 Å². The fraction of sp³-hybridized carbons (Fsp3) is 0.350. The SMILES string of the molecule is Cc1cc(OC[C@@H](O)Cn2c(C3CC3)nc3ccccc32)ccc1Cl. The van der Waals surface area contributed by atoms with E-state index in [2.05, 4.69) is 10.6 Å². The Kier molecular flexibility index (Phi) is 4.40. The lowest BCUT2D eigenvalue weighted by molar-refractivity contribution is 0.0927. The van der Waals surface area contributed by atoms with Gasteiger partial charge in [-0.15, -0.1) is 0 Å². The van der Waals surface area contributed by atoms with Crippen molar-refractivity contribution < 1.29 is 9.84 Å². The number of aliphatic hydroxyl groups is 1. The molecule has 0 bridgehead atoms. The Morgan fingerprint density at radius 3 is 2.84 bits per heavy atom. The molecule has 4 nitrogen and oxygen atoms in total. The summed E-state index contributed by atoms with van der Waals surface area (Å²) < 4.78 is 7.89. The van der Waals surface area contributed by atoms with Crippen LogP contribution in [0.2, 0.25) is 5.02 Å². The van der Waals surface area contributed by atoms with Crippen LogP contribution in [-0.4, -0.2) is 27.4 Å². The highest BCUT2D eigenvalue weighted by Gasteiger charge is 2.30. The van der Waals surface area contributed by atoms with Crippen molar-refractivity contribution in [1.82, 2.24) is 9.55 Å². The van der Waals surface area contributed by atoms with Crippen molar-refractivity contribution in [2.24, 2.45) is 0 Å². The van der Waals surface area contributed by atoms with E-state index in [1.807, 2.05) is 43.3 Å². The van der Waals surface area contributed by atoms with Crippen molar-refractivity contribution in [3.63, 3.8) is 0 Å². The van der Waals surface area contributed by atoms with E-state index < -0.39 is 6.10 Å². The molecule has 1 aliphatic carbocycles. The van der Waals surface area contributed by atoms with Crippen molar-refractivity contribution in [3.8, 4) is 5.75 Å². The van der Waals surface area contributed by atoms with E-state index in [-0.39, 0.29) is 6.61 Å². The molecule has 0 amide bonds. The first-order chi connectivity index (χ1) is 12.1. The largest absolute Gasteiger partial charge is 0.491 e. The van der Waals surface area contributed by atoms with Crippen LogP contribution in [0.15, 0.2) is 42.5 Å². The summed E-state index contributed by atoms with van der Waals surface area (Å²) in [4.78, 5) is 4.76. The number of aliphatic hydroxyl groups excluding tert-OH is 1. The van der Waals surface area contributed by atoms with Crippen molar-refractivity contribution >= 4 is 22.6 Å². The third kappa shape index (κ3) is 3.51. The third-order valence-corrected chi connectivity index (χ3v) is 5.02. The molecule has 1 atom stereocenters. The molecule has 0 spiro atoms. The highest BCUT2D eigenvalue weighted by molar-refractivity contribution is 6.31. The summed E-state index contributed by atoms with van der Waals surface area (Å²) in [5.41, 5.74) is 3.03. The molecule has 130 valence electrons. The summed E-state index contributed by atoms with van der Waals surface area (Å²) in [6.45, 7) is 2.65. The predicted octanol–water partition coefficient (Wildman–Crippen LogP) is 4.32. The van der Waals surface area contributed by atoms with Crippen molar-refractivity contribution in [1.29, 1.82) is 0 Å². The number of hydrogen-bond acceptors (Lipinski definition) is 3. The van der Waals surface area contributed by atoms with Gasteiger partial charge in [-0.2, -0.15) is 0 Å². The molecule has 0 aliphatic heterocycles.